The van der Waals surface area contributed by atoms with Gasteiger partial charge in [0.05, 0.1) is 37.4 Å². The first-order valence-electron chi connectivity index (χ1n) is 11.9. The normalized spacial score (nSPS) is 14.2. The van der Waals surface area contributed by atoms with Crippen LogP contribution in [0.2, 0.25) is 0 Å². The molecule has 1 fully saturated rings. The maximum Gasteiger partial charge on any atom is 0.263 e. The molecule has 0 saturated carbocycles. The van der Waals surface area contributed by atoms with E-state index in [1.54, 1.807) is 43.5 Å². The quantitative estimate of drug-likeness (QED) is 0.380. The molecule has 190 valence electrons. The molecule has 2 aromatic heterocycles. The summed E-state index contributed by atoms with van der Waals surface area (Å²) in [5.74, 6) is 2.65. The van der Waals surface area contributed by atoms with Gasteiger partial charge in [-0.15, -0.1) is 0 Å². The third kappa shape index (κ3) is 5.54. The summed E-state index contributed by atoms with van der Waals surface area (Å²) in [7, 11) is 1.58. The van der Waals surface area contributed by atoms with Crippen LogP contribution in [0.4, 0.5) is 11.5 Å². The number of rotatable bonds is 8. The molecule has 0 radical (unpaired) electrons. The number of nitrogens with one attached hydrogen (secondary N) is 1. The minimum absolute atomic E-state index is 0.0828. The fourth-order valence-electron chi connectivity index (χ4n) is 4.05. The maximum absolute atomic E-state index is 12.9. The van der Waals surface area contributed by atoms with Crippen LogP contribution in [0.3, 0.4) is 0 Å². The van der Waals surface area contributed by atoms with E-state index in [0.29, 0.717) is 66.0 Å². The number of morpholine rings is 1. The van der Waals surface area contributed by atoms with E-state index >= 15 is 0 Å². The number of pyridine rings is 1. The van der Waals surface area contributed by atoms with Crippen molar-refractivity contribution < 1.29 is 23.7 Å². The summed E-state index contributed by atoms with van der Waals surface area (Å²) in [6.07, 6.45) is 4.11. The summed E-state index contributed by atoms with van der Waals surface area (Å²) >= 11 is 0. The SMILES string of the molecule is COc1cc(Nc2ncnc3cccc(OC(C)C(=O)N4CCOCC4)c23)ccc1Oc1cccnc1. The third-order valence-corrected chi connectivity index (χ3v) is 5.89. The molecular weight excluding hydrogens is 474 g/mol. The summed E-state index contributed by atoms with van der Waals surface area (Å²) in [5, 5.41) is 4.00. The van der Waals surface area contributed by atoms with Gasteiger partial charge in [-0.1, -0.05) is 6.07 Å². The smallest absolute Gasteiger partial charge is 0.263 e. The number of nitrogens with zero attached hydrogens (tertiary/aromatic N) is 4. The lowest BCUT2D eigenvalue weighted by Gasteiger charge is -2.29. The van der Waals surface area contributed by atoms with Gasteiger partial charge in [0, 0.05) is 31.0 Å². The first-order chi connectivity index (χ1) is 18.1. The van der Waals surface area contributed by atoms with E-state index in [1.807, 2.05) is 36.4 Å². The zero-order valence-corrected chi connectivity index (χ0v) is 20.6. The van der Waals surface area contributed by atoms with Gasteiger partial charge >= 0.3 is 0 Å². The molecule has 0 aliphatic carbocycles. The number of hydrogen-bond acceptors (Lipinski definition) is 9. The minimum atomic E-state index is -0.680. The van der Waals surface area contributed by atoms with Crippen molar-refractivity contribution in [2.75, 3.05) is 38.7 Å². The summed E-state index contributed by atoms with van der Waals surface area (Å²) in [6.45, 7) is 3.92. The third-order valence-electron chi connectivity index (χ3n) is 5.89. The molecule has 5 rings (SSSR count). The maximum atomic E-state index is 12.9. The largest absolute Gasteiger partial charge is 0.493 e. The van der Waals surface area contributed by atoms with Crippen molar-refractivity contribution >= 4 is 28.3 Å². The van der Waals surface area contributed by atoms with Crippen molar-refractivity contribution in [3.63, 3.8) is 0 Å². The van der Waals surface area contributed by atoms with Gasteiger partial charge in [-0.25, -0.2) is 9.97 Å². The average molecular weight is 502 g/mol. The van der Waals surface area contributed by atoms with Gasteiger partial charge in [-0.05, 0) is 43.3 Å². The van der Waals surface area contributed by atoms with Gasteiger partial charge in [0.15, 0.2) is 17.6 Å². The van der Waals surface area contributed by atoms with Gasteiger partial charge in [0.1, 0.15) is 23.6 Å². The highest BCUT2D eigenvalue weighted by Crippen LogP contribution is 2.36. The van der Waals surface area contributed by atoms with Crippen LogP contribution in [-0.4, -0.2) is 65.3 Å². The van der Waals surface area contributed by atoms with E-state index in [2.05, 4.69) is 20.3 Å². The topological polar surface area (TPSA) is 108 Å². The van der Waals surface area contributed by atoms with Crippen LogP contribution in [0, 0.1) is 0 Å². The van der Waals surface area contributed by atoms with Crippen molar-refractivity contribution in [3.05, 3.63) is 67.3 Å². The van der Waals surface area contributed by atoms with E-state index in [-0.39, 0.29) is 5.91 Å². The van der Waals surface area contributed by atoms with Crippen LogP contribution >= 0.6 is 0 Å². The number of methoxy groups -OCH3 is 1. The molecule has 10 heteroatoms. The lowest BCUT2D eigenvalue weighted by Crippen LogP contribution is -2.46. The predicted octanol–water partition coefficient (Wildman–Crippen LogP) is 4.20. The molecule has 1 atom stereocenters. The van der Waals surface area contributed by atoms with Crippen LogP contribution in [0.1, 0.15) is 6.92 Å². The number of aromatic nitrogens is 3. The Bertz CT molecular complexity index is 1370. The number of benzene rings is 2. The van der Waals surface area contributed by atoms with E-state index in [4.69, 9.17) is 18.9 Å². The number of carbonyl (C=O) groups excluding carboxylic acids is 1. The second-order valence-corrected chi connectivity index (χ2v) is 8.35. The zero-order valence-electron chi connectivity index (χ0n) is 20.6. The molecule has 37 heavy (non-hydrogen) atoms. The lowest BCUT2D eigenvalue weighted by atomic mass is 10.2. The molecule has 1 aliphatic rings. The lowest BCUT2D eigenvalue weighted by molar-refractivity contribution is -0.142. The second-order valence-electron chi connectivity index (χ2n) is 8.35. The van der Waals surface area contributed by atoms with Gasteiger partial charge in [-0.2, -0.15) is 0 Å². The number of amides is 1. The van der Waals surface area contributed by atoms with Crippen LogP contribution in [-0.2, 0) is 9.53 Å². The van der Waals surface area contributed by atoms with Crippen LogP contribution in [0.5, 0.6) is 23.0 Å². The highest BCUT2D eigenvalue weighted by Gasteiger charge is 2.25. The molecule has 3 heterocycles. The van der Waals surface area contributed by atoms with E-state index in [9.17, 15) is 4.79 Å². The van der Waals surface area contributed by atoms with Crippen molar-refractivity contribution in [2.24, 2.45) is 0 Å². The van der Waals surface area contributed by atoms with Gasteiger partial charge in [0.2, 0.25) is 0 Å². The highest BCUT2D eigenvalue weighted by molar-refractivity contribution is 5.96. The number of fused-ring (bicyclic) bond motifs is 1. The summed E-state index contributed by atoms with van der Waals surface area (Å²) < 4.78 is 23.0. The predicted molar refractivity (Wildman–Crippen MR) is 138 cm³/mol. The standard InChI is InChI=1S/C27H27N5O5/c1-18(27(33)32-11-13-35-14-12-32)36-23-7-3-6-21-25(23)26(30-17-29-21)31-19-8-9-22(24(15-19)34-2)37-20-5-4-10-28-16-20/h3-10,15-18H,11-14H2,1-2H3,(H,29,30,31). The Hall–Kier alpha value is -4.44. The Labute approximate surface area is 214 Å². The van der Waals surface area contributed by atoms with Crippen molar-refractivity contribution in [1.29, 1.82) is 0 Å². The molecule has 1 aliphatic heterocycles. The molecule has 0 spiro atoms. The Morgan fingerprint density at radius 3 is 2.70 bits per heavy atom. The second kappa shape index (κ2) is 11.1. The zero-order chi connectivity index (χ0) is 25.6. The fraction of sp³-hybridized carbons (Fsp3) is 0.259. The average Bonchev–Trinajstić information content (AvgIpc) is 2.94. The minimum Gasteiger partial charge on any atom is -0.493 e. The molecule has 4 aromatic rings. The van der Waals surface area contributed by atoms with E-state index in [0.717, 1.165) is 5.69 Å². The Balaban J connectivity index is 1.40. The molecule has 1 N–H and O–H groups in total. The van der Waals surface area contributed by atoms with Crippen molar-refractivity contribution in [3.8, 4) is 23.0 Å². The first-order valence-corrected chi connectivity index (χ1v) is 11.9. The Morgan fingerprint density at radius 1 is 1.05 bits per heavy atom. The molecule has 10 nitrogen and oxygen atoms in total. The monoisotopic (exact) mass is 501 g/mol. The van der Waals surface area contributed by atoms with Crippen LogP contribution in [0.15, 0.2) is 67.3 Å². The van der Waals surface area contributed by atoms with Gasteiger partial charge < -0.3 is 29.2 Å². The summed E-state index contributed by atoms with van der Waals surface area (Å²) in [5.41, 5.74) is 1.41. The number of anilines is 2. The number of ether oxygens (including phenoxy) is 4. The van der Waals surface area contributed by atoms with Crippen molar-refractivity contribution in [2.45, 2.75) is 13.0 Å². The molecular formula is C27H27N5O5. The van der Waals surface area contributed by atoms with E-state index < -0.39 is 6.10 Å². The Morgan fingerprint density at radius 2 is 1.92 bits per heavy atom. The van der Waals surface area contributed by atoms with E-state index in [1.165, 1.54) is 6.33 Å². The summed E-state index contributed by atoms with van der Waals surface area (Å²) in [4.78, 5) is 27.6. The van der Waals surface area contributed by atoms with Crippen LogP contribution in [0.25, 0.3) is 10.9 Å². The summed E-state index contributed by atoms with van der Waals surface area (Å²) in [6, 6.07) is 14.6. The van der Waals surface area contributed by atoms with Gasteiger partial charge in [-0.3, -0.25) is 9.78 Å². The molecule has 1 unspecified atom stereocenters. The fourth-order valence-corrected chi connectivity index (χ4v) is 4.05. The van der Waals surface area contributed by atoms with Crippen LogP contribution < -0.4 is 19.5 Å². The Kier molecular flexibility index (Phi) is 7.27. The molecule has 1 saturated heterocycles. The molecule has 2 aromatic carbocycles. The molecule has 1 amide bonds. The number of hydrogen-bond donors (Lipinski definition) is 1. The van der Waals surface area contributed by atoms with Crippen molar-refractivity contribution in [1.82, 2.24) is 19.9 Å². The highest BCUT2D eigenvalue weighted by atomic mass is 16.5. The number of carbonyl (C=O) groups is 1. The van der Waals surface area contributed by atoms with Gasteiger partial charge in [0.25, 0.3) is 5.91 Å². The first kappa shape index (κ1) is 24.3. The molecule has 0 bridgehead atoms.